The highest BCUT2D eigenvalue weighted by Crippen LogP contribution is 2.39. The maximum Gasteiger partial charge on any atom is 0.285 e. The average molecular weight is 362 g/mol. The van der Waals surface area contributed by atoms with Crippen molar-refractivity contribution in [2.45, 2.75) is 9.92 Å². The number of carbonyl (C=O) groups excluding carboxylic acids is 1. The SMILES string of the molecule is CSc1ccc(-c2c(SC(=O)N(C)C)ccc3cnsc23)cn1. The number of fused-ring (bicyclic) bond motifs is 1. The van der Waals surface area contributed by atoms with Crippen molar-refractivity contribution < 1.29 is 4.79 Å². The monoisotopic (exact) mass is 361 g/mol. The molecule has 4 nitrogen and oxygen atoms in total. The molecule has 0 unspecified atom stereocenters. The molecular formula is C16H15N3OS3. The first kappa shape index (κ1) is 16.3. The molecule has 3 rings (SSSR count). The molecule has 0 saturated carbocycles. The Bertz CT molecular complexity index is 843. The van der Waals surface area contributed by atoms with Crippen molar-refractivity contribution in [3.05, 3.63) is 36.7 Å². The quantitative estimate of drug-likeness (QED) is 0.624. The van der Waals surface area contributed by atoms with Crippen LogP contribution in [0.4, 0.5) is 4.79 Å². The second kappa shape index (κ2) is 6.90. The molecule has 0 spiro atoms. The van der Waals surface area contributed by atoms with E-state index in [1.54, 1.807) is 30.8 Å². The van der Waals surface area contributed by atoms with E-state index in [0.717, 1.165) is 31.1 Å². The summed E-state index contributed by atoms with van der Waals surface area (Å²) in [5, 5.41) is 2.06. The van der Waals surface area contributed by atoms with Gasteiger partial charge in [-0.05, 0) is 41.7 Å². The van der Waals surface area contributed by atoms with E-state index in [0.29, 0.717) is 0 Å². The van der Waals surface area contributed by atoms with Crippen molar-refractivity contribution in [3.8, 4) is 11.1 Å². The van der Waals surface area contributed by atoms with E-state index in [-0.39, 0.29) is 5.24 Å². The van der Waals surface area contributed by atoms with Crippen LogP contribution in [-0.4, -0.2) is 39.8 Å². The molecule has 7 heteroatoms. The number of aromatic nitrogens is 2. The van der Waals surface area contributed by atoms with Gasteiger partial charge < -0.3 is 4.90 Å². The van der Waals surface area contributed by atoms with Crippen LogP contribution in [0.2, 0.25) is 0 Å². The topological polar surface area (TPSA) is 46.1 Å². The normalized spacial score (nSPS) is 10.9. The maximum atomic E-state index is 12.1. The second-order valence-corrected chi connectivity index (χ2v) is 7.66. The summed E-state index contributed by atoms with van der Waals surface area (Å²) >= 11 is 4.29. The predicted molar refractivity (Wildman–Crippen MR) is 99.6 cm³/mol. The highest BCUT2D eigenvalue weighted by Gasteiger charge is 2.16. The molecule has 23 heavy (non-hydrogen) atoms. The molecule has 118 valence electrons. The van der Waals surface area contributed by atoms with E-state index in [2.05, 4.69) is 15.4 Å². The van der Waals surface area contributed by atoms with Crippen molar-refractivity contribution in [1.29, 1.82) is 0 Å². The molecule has 2 aromatic heterocycles. The summed E-state index contributed by atoms with van der Waals surface area (Å²) in [5.41, 5.74) is 2.04. The van der Waals surface area contributed by atoms with Crippen LogP contribution < -0.4 is 0 Å². The van der Waals surface area contributed by atoms with Gasteiger partial charge in [-0.2, -0.15) is 4.37 Å². The number of carbonyl (C=O) groups is 1. The van der Waals surface area contributed by atoms with Crippen LogP contribution in [0.5, 0.6) is 0 Å². The first-order valence-corrected chi connectivity index (χ1v) is 9.68. The number of hydrogen-bond donors (Lipinski definition) is 0. The Labute approximate surface area is 147 Å². The number of amides is 1. The summed E-state index contributed by atoms with van der Waals surface area (Å²) in [5.74, 6) is 0. The van der Waals surface area contributed by atoms with Crippen molar-refractivity contribution in [1.82, 2.24) is 14.3 Å². The summed E-state index contributed by atoms with van der Waals surface area (Å²) in [7, 11) is 3.52. The van der Waals surface area contributed by atoms with Crippen molar-refractivity contribution in [2.75, 3.05) is 20.4 Å². The number of thioether (sulfide) groups is 2. The predicted octanol–water partition coefficient (Wildman–Crippen LogP) is 4.85. The van der Waals surface area contributed by atoms with Crippen molar-refractivity contribution in [2.24, 2.45) is 0 Å². The Hall–Kier alpha value is -1.57. The van der Waals surface area contributed by atoms with E-state index in [9.17, 15) is 4.79 Å². The third-order valence-electron chi connectivity index (χ3n) is 3.28. The minimum atomic E-state index is 0.00353. The molecule has 0 aliphatic heterocycles. The molecule has 0 aliphatic rings. The fourth-order valence-corrected chi connectivity index (χ4v) is 4.18. The van der Waals surface area contributed by atoms with E-state index in [4.69, 9.17) is 0 Å². The number of hydrogen-bond acceptors (Lipinski definition) is 6. The number of benzene rings is 1. The summed E-state index contributed by atoms with van der Waals surface area (Å²) in [6, 6.07) is 8.05. The highest BCUT2D eigenvalue weighted by atomic mass is 32.2. The lowest BCUT2D eigenvalue weighted by Crippen LogP contribution is -2.16. The van der Waals surface area contributed by atoms with E-state index >= 15 is 0 Å². The Morgan fingerprint density at radius 3 is 2.65 bits per heavy atom. The van der Waals surface area contributed by atoms with Gasteiger partial charge in [-0.15, -0.1) is 11.8 Å². The van der Waals surface area contributed by atoms with Crippen LogP contribution in [0.25, 0.3) is 21.2 Å². The lowest BCUT2D eigenvalue weighted by atomic mass is 10.1. The molecule has 0 atom stereocenters. The third kappa shape index (κ3) is 3.36. The van der Waals surface area contributed by atoms with Gasteiger partial charge in [0.25, 0.3) is 5.24 Å². The fraction of sp³-hybridized carbons (Fsp3) is 0.188. The molecule has 0 aliphatic carbocycles. The molecule has 0 fully saturated rings. The molecule has 0 saturated heterocycles. The van der Waals surface area contributed by atoms with Gasteiger partial charge in [-0.25, -0.2) is 4.98 Å². The minimum Gasteiger partial charge on any atom is -0.339 e. The number of rotatable bonds is 3. The Morgan fingerprint density at radius 1 is 1.17 bits per heavy atom. The van der Waals surface area contributed by atoms with Gasteiger partial charge in [0.1, 0.15) is 0 Å². The standard InChI is InChI=1S/C16H15N3OS3/c1-19(2)16(20)22-12-6-4-11-9-18-23-15(11)14(12)10-5-7-13(21-3)17-8-10/h4-9H,1-3H3. The van der Waals surface area contributed by atoms with Crippen LogP contribution in [-0.2, 0) is 0 Å². The summed E-state index contributed by atoms with van der Waals surface area (Å²) in [6.45, 7) is 0. The average Bonchev–Trinajstić information content (AvgIpc) is 3.03. The summed E-state index contributed by atoms with van der Waals surface area (Å²) in [4.78, 5) is 19.1. The molecular weight excluding hydrogens is 346 g/mol. The molecule has 1 aromatic carbocycles. The Balaban J connectivity index is 2.14. The zero-order valence-electron chi connectivity index (χ0n) is 12.9. The maximum absolute atomic E-state index is 12.1. The second-order valence-electron chi connectivity index (χ2n) is 5.03. The van der Waals surface area contributed by atoms with E-state index < -0.39 is 0 Å². The zero-order valence-corrected chi connectivity index (χ0v) is 15.4. The van der Waals surface area contributed by atoms with Gasteiger partial charge in [0.05, 0.1) is 9.73 Å². The van der Waals surface area contributed by atoms with Gasteiger partial charge in [-0.1, -0.05) is 12.1 Å². The molecule has 2 heterocycles. The van der Waals surface area contributed by atoms with Gasteiger partial charge >= 0.3 is 0 Å². The number of nitrogens with zero attached hydrogens (tertiary/aromatic N) is 3. The Kier molecular flexibility index (Phi) is 4.89. The van der Waals surface area contributed by atoms with E-state index in [1.807, 2.05) is 36.8 Å². The fourth-order valence-electron chi connectivity index (χ4n) is 2.11. The molecule has 1 amide bonds. The summed E-state index contributed by atoms with van der Waals surface area (Å²) in [6.07, 6.45) is 5.73. The van der Waals surface area contributed by atoms with Crippen LogP contribution in [0.1, 0.15) is 0 Å². The third-order valence-corrected chi connectivity index (χ3v) is 5.88. The molecule has 0 N–H and O–H groups in total. The van der Waals surface area contributed by atoms with Crippen molar-refractivity contribution in [3.63, 3.8) is 0 Å². The van der Waals surface area contributed by atoms with Gasteiger partial charge in [-0.3, -0.25) is 4.79 Å². The smallest absolute Gasteiger partial charge is 0.285 e. The zero-order chi connectivity index (χ0) is 16.4. The van der Waals surface area contributed by atoms with Gasteiger partial charge in [0.15, 0.2) is 0 Å². The van der Waals surface area contributed by atoms with E-state index in [1.165, 1.54) is 23.3 Å². The number of pyridine rings is 1. The first-order chi connectivity index (χ1) is 11.1. The van der Waals surface area contributed by atoms with Crippen LogP contribution in [0, 0.1) is 0 Å². The molecule has 0 radical (unpaired) electrons. The van der Waals surface area contributed by atoms with Crippen molar-refractivity contribution >= 4 is 50.4 Å². The van der Waals surface area contributed by atoms with Crippen LogP contribution in [0.3, 0.4) is 0 Å². The van der Waals surface area contributed by atoms with Gasteiger partial charge in [0, 0.05) is 47.9 Å². The lowest BCUT2D eigenvalue weighted by molar-refractivity contribution is 0.241. The van der Waals surface area contributed by atoms with Gasteiger partial charge in [0.2, 0.25) is 0 Å². The van der Waals surface area contributed by atoms with Crippen LogP contribution >= 0.6 is 35.1 Å². The molecule has 3 aromatic rings. The summed E-state index contributed by atoms with van der Waals surface area (Å²) < 4.78 is 5.37. The lowest BCUT2D eigenvalue weighted by Gasteiger charge is -2.13. The van der Waals surface area contributed by atoms with Crippen LogP contribution in [0.15, 0.2) is 46.6 Å². The minimum absolute atomic E-state index is 0.00353. The molecule has 0 bridgehead atoms. The Morgan fingerprint density at radius 2 is 2.00 bits per heavy atom. The first-order valence-electron chi connectivity index (χ1n) is 6.87. The largest absolute Gasteiger partial charge is 0.339 e. The highest BCUT2D eigenvalue weighted by molar-refractivity contribution is 8.13.